The molecule has 13 heavy (non-hydrogen) atoms. The summed E-state index contributed by atoms with van der Waals surface area (Å²) in [4.78, 5) is 19.8. The lowest BCUT2D eigenvalue weighted by Gasteiger charge is -2.10. The monoisotopic (exact) mass is 184 g/mol. The lowest BCUT2D eigenvalue weighted by atomic mass is 9.99. The van der Waals surface area contributed by atoms with Gasteiger partial charge in [-0.05, 0) is 6.92 Å². The molecule has 1 aliphatic carbocycles. The van der Waals surface area contributed by atoms with Crippen LogP contribution in [-0.4, -0.2) is 15.9 Å². The summed E-state index contributed by atoms with van der Waals surface area (Å²) in [5, 5.41) is 20.9. The van der Waals surface area contributed by atoms with Crippen molar-refractivity contribution in [1.29, 1.82) is 0 Å². The summed E-state index contributed by atoms with van der Waals surface area (Å²) in [6.45, 7) is 1.43. The number of rotatable bonds is 2. The summed E-state index contributed by atoms with van der Waals surface area (Å²) in [5.41, 5.74) is 0.0606. The summed E-state index contributed by atoms with van der Waals surface area (Å²) in [7, 11) is 0. The number of allylic oxidation sites excluding steroid dienone is 1. The first-order valence-electron chi connectivity index (χ1n) is 3.69. The molecule has 0 spiro atoms. The molecule has 1 atom stereocenters. The number of hydrogen-bond donors (Lipinski definition) is 0. The van der Waals surface area contributed by atoms with Crippen molar-refractivity contribution in [3.63, 3.8) is 0 Å². The van der Waals surface area contributed by atoms with Gasteiger partial charge in [-0.2, -0.15) is 0 Å². The summed E-state index contributed by atoms with van der Waals surface area (Å²) in [6, 6.07) is -0.939. The Morgan fingerprint density at radius 3 is 2.54 bits per heavy atom. The van der Waals surface area contributed by atoms with Crippen LogP contribution in [0.1, 0.15) is 13.3 Å². The first kappa shape index (κ1) is 9.37. The molecular weight excluding hydrogens is 176 g/mol. The van der Waals surface area contributed by atoms with E-state index >= 15 is 0 Å². The Bertz CT molecular complexity index is 318. The van der Waals surface area contributed by atoms with Gasteiger partial charge >= 0.3 is 0 Å². The van der Waals surface area contributed by atoms with Crippen LogP contribution in [0.2, 0.25) is 0 Å². The van der Waals surface area contributed by atoms with Crippen LogP contribution in [0.5, 0.6) is 0 Å². The second-order valence-corrected chi connectivity index (χ2v) is 2.76. The van der Waals surface area contributed by atoms with Crippen molar-refractivity contribution in [3.05, 3.63) is 43.7 Å². The molecule has 0 saturated carbocycles. The first-order valence-corrected chi connectivity index (χ1v) is 3.69. The standard InChI is InChI=1S/C7H8N2O4/c1-5-6(8(10)11)3-2-4-7(5)9(12)13/h2-3,7H,4H2,1H3. The molecule has 1 rings (SSSR count). The van der Waals surface area contributed by atoms with Crippen molar-refractivity contribution in [1.82, 2.24) is 0 Å². The third-order valence-electron chi connectivity index (χ3n) is 1.99. The van der Waals surface area contributed by atoms with Crippen LogP contribution < -0.4 is 0 Å². The van der Waals surface area contributed by atoms with Crippen molar-refractivity contribution >= 4 is 0 Å². The molecule has 0 aromatic heterocycles. The van der Waals surface area contributed by atoms with Crippen molar-refractivity contribution in [2.45, 2.75) is 19.4 Å². The zero-order chi connectivity index (χ0) is 10.0. The van der Waals surface area contributed by atoms with Gasteiger partial charge in [0.15, 0.2) is 0 Å². The zero-order valence-corrected chi connectivity index (χ0v) is 6.97. The van der Waals surface area contributed by atoms with Gasteiger partial charge in [0.1, 0.15) is 0 Å². The van der Waals surface area contributed by atoms with Crippen LogP contribution in [-0.2, 0) is 0 Å². The van der Waals surface area contributed by atoms with Crippen LogP contribution in [0.15, 0.2) is 23.4 Å². The molecule has 0 bridgehead atoms. The van der Waals surface area contributed by atoms with Gasteiger partial charge in [-0.25, -0.2) is 0 Å². The van der Waals surface area contributed by atoms with E-state index in [1.54, 1.807) is 0 Å². The molecule has 0 heterocycles. The van der Waals surface area contributed by atoms with Crippen molar-refractivity contribution < 1.29 is 9.85 Å². The highest BCUT2D eigenvalue weighted by molar-refractivity contribution is 5.25. The van der Waals surface area contributed by atoms with Crippen LogP contribution in [0.25, 0.3) is 0 Å². The number of hydrogen-bond acceptors (Lipinski definition) is 4. The fourth-order valence-corrected chi connectivity index (χ4v) is 1.24. The van der Waals surface area contributed by atoms with Gasteiger partial charge in [0.25, 0.3) is 5.70 Å². The predicted octanol–water partition coefficient (Wildman–Crippen LogP) is 1.14. The largest absolute Gasteiger partial charge is 0.274 e. The van der Waals surface area contributed by atoms with E-state index in [1.165, 1.54) is 19.1 Å². The van der Waals surface area contributed by atoms with Crippen LogP contribution >= 0.6 is 0 Å². The van der Waals surface area contributed by atoms with Crippen molar-refractivity contribution in [2.75, 3.05) is 0 Å². The minimum Gasteiger partial charge on any atom is -0.264 e. The Kier molecular flexibility index (Phi) is 2.41. The van der Waals surface area contributed by atoms with E-state index in [2.05, 4.69) is 0 Å². The summed E-state index contributed by atoms with van der Waals surface area (Å²) in [6.07, 6.45) is 3.00. The summed E-state index contributed by atoms with van der Waals surface area (Å²) < 4.78 is 0. The zero-order valence-electron chi connectivity index (χ0n) is 6.97. The van der Waals surface area contributed by atoms with Crippen LogP contribution in [0, 0.1) is 20.2 Å². The van der Waals surface area contributed by atoms with Gasteiger partial charge in [0.2, 0.25) is 6.04 Å². The van der Waals surface area contributed by atoms with E-state index in [9.17, 15) is 20.2 Å². The average molecular weight is 184 g/mol. The van der Waals surface area contributed by atoms with Gasteiger partial charge in [-0.15, -0.1) is 0 Å². The second kappa shape index (κ2) is 3.34. The van der Waals surface area contributed by atoms with E-state index in [1.807, 2.05) is 0 Å². The van der Waals surface area contributed by atoms with Gasteiger partial charge in [0.05, 0.1) is 10.5 Å². The molecule has 0 aromatic rings. The molecule has 0 fully saturated rings. The minimum atomic E-state index is -0.939. The second-order valence-electron chi connectivity index (χ2n) is 2.76. The van der Waals surface area contributed by atoms with Gasteiger partial charge in [0, 0.05) is 17.4 Å². The van der Waals surface area contributed by atoms with E-state index in [-0.39, 0.29) is 17.7 Å². The van der Waals surface area contributed by atoms with Crippen LogP contribution in [0.4, 0.5) is 0 Å². The normalized spacial score (nSPS) is 21.8. The number of nitrogens with zero attached hydrogens (tertiary/aromatic N) is 2. The summed E-state index contributed by atoms with van der Waals surface area (Å²) in [5.74, 6) is 0. The molecule has 0 aromatic carbocycles. The molecular formula is C7H8N2O4. The third kappa shape index (κ3) is 1.71. The molecule has 0 amide bonds. The maximum Gasteiger partial charge on any atom is 0.274 e. The lowest BCUT2D eigenvalue weighted by molar-refractivity contribution is -0.514. The predicted molar refractivity (Wildman–Crippen MR) is 44.2 cm³/mol. The van der Waals surface area contributed by atoms with Crippen molar-refractivity contribution in [2.24, 2.45) is 0 Å². The first-order chi connectivity index (χ1) is 6.04. The van der Waals surface area contributed by atoms with E-state index in [4.69, 9.17) is 0 Å². The fraction of sp³-hybridized carbons (Fsp3) is 0.429. The quantitative estimate of drug-likeness (QED) is 0.475. The Balaban J connectivity index is 3.05. The average Bonchev–Trinajstić information content (AvgIpc) is 2.03. The Morgan fingerprint density at radius 2 is 2.08 bits per heavy atom. The highest BCUT2D eigenvalue weighted by Gasteiger charge is 2.31. The molecule has 70 valence electrons. The maximum atomic E-state index is 10.4. The molecule has 0 aliphatic heterocycles. The molecule has 6 heteroatoms. The van der Waals surface area contributed by atoms with Crippen LogP contribution in [0.3, 0.4) is 0 Å². The topological polar surface area (TPSA) is 86.3 Å². The molecule has 1 unspecified atom stereocenters. The molecule has 0 saturated heterocycles. The van der Waals surface area contributed by atoms with E-state index in [0.717, 1.165) is 0 Å². The molecule has 6 nitrogen and oxygen atoms in total. The Hall–Kier alpha value is -1.72. The fourth-order valence-electron chi connectivity index (χ4n) is 1.24. The third-order valence-corrected chi connectivity index (χ3v) is 1.99. The van der Waals surface area contributed by atoms with Crippen molar-refractivity contribution in [3.8, 4) is 0 Å². The van der Waals surface area contributed by atoms with E-state index < -0.39 is 15.9 Å². The highest BCUT2D eigenvalue weighted by atomic mass is 16.6. The lowest BCUT2D eigenvalue weighted by Crippen LogP contribution is -2.24. The summed E-state index contributed by atoms with van der Waals surface area (Å²) >= 11 is 0. The number of nitro groups is 2. The minimum absolute atomic E-state index is 0.159. The maximum absolute atomic E-state index is 10.4. The SMILES string of the molecule is CC1=C([N+](=O)[O-])C=CCC1[N+](=O)[O-]. The van der Waals surface area contributed by atoms with Gasteiger partial charge in [-0.1, -0.05) is 6.08 Å². The molecule has 0 N–H and O–H groups in total. The Morgan fingerprint density at radius 1 is 1.46 bits per heavy atom. The molecule has 0 radical (unpaired) electrons. The highest BCUT2D eigenvalue weighted by Crippen LogP contribution is 2.21. The molecule has 1 aliphatic rings. The van der Waals surface area contributed by atoms with Gasteiger partial charge in [-0.3, -0.25) is 20.2 Å². The Labute approximate surface area is 73.8 Å². The van der Waals surface area contributed by atoms with Gasteiger partial charge < -0.3 is 0 Å². The van der Waals surface area contributed by atoms with E-state index in [0.29, 0.717) is 0 Å². The smallest absolute Gasteiger partial charge is 0.264 e.